The summed E-state index contributed by atoms with van der Waals surface area (Å²) >= 11 is 25.5. The largest absolute Gasteiger partial charge is 0.352 e. The Morgan fingerprint density at radius 1 is 0.750 bits per heavy atom. The molecule has 1 aliphatic rings. The zero-order valence-electron chi connectivity index (χ0n) is 26.0. The van der Waals surface area contributed by atoms with Crippen molar-refractivity contribution in [2.45, 2.75) is 62.0 Å². The van der Waals surface area contributed by atoms with Gasteiger partial charge in [-0.25, -0.2) is 8.42 Å². The van der Waals surface area contributed by atoms with E-state index in [0.29, 0.717) is 10.6 Å². The Bertz CT molecular complexity index is 1840. The van der Waals surface area contributed by atoms with Crippen molar-refractivity contribution in [3.8, 4) is 0 Å². The number of halogens is 4. The molecule has 12 heteroatoms. The molecule has 0 spiro atoms. The van der Waals surface area contributed by atoms with Gasteiger partial charge in [0, 0.05) is 19.0 Å². The summed E-state index contributed by atoms with van der Waals surface area (Å²) in [5, 5.41) is 3.90. The van der Waals surface area contributed by atoms with Gasteiger partial charge in [-0.2, -0.15) is 0 Å². The Kier molecular flexibility index (Phi) is 12.3. The van der Waals surface area contributed by atoms with Crippen molar-refractivity contribution in [3.63, 3.8) is 0 Å². The first-order valence-corrected chi connectivity index (χ1v) is 18.6. The predicted octanol–water partition coefficient (Wildman–Crippen LogP) is 8.58. The molecule has 0 aromatic heterocycles. The number of amides is 2. The number of nitrogens with one attached hydrogen (secondary N) is 1. The second kappa shape index (κ2) is 16.4. The van der Waals surface area contributed by atoms with Gasteiger partial charge in [0.05, 0.1) is 30.7 Å². The number of nitrogens with zero attached hydrogens (tertiary/aromatic N) is 2. The Morgan fingerprint density at radius 3 is 2.08 bits per heavy atom. The van der Waals surface area contributed by atoms with Crippen molar-refractivity contribution in [2.24, 2.45) is 0 Å². The highest BCUT2D eigenvalue weighted by molar-refractivity contribution is 7.92. The topological polar surface area (TPSA) is 86.8 Å². The number of hydrogen-bond donors (Lipinski definition) is 1. The van der Waals surface area contributed by atoms with Crippen LogP contribution in [0.25, 0.3) is 0 Å². The maximum absolute atomic E-state index is 14.7. The van der Waals surface area contributed by atoms with Crippen LogP contribution in [0, 0.1) is 0 Å². The molecule has 252 valence electrons. The third kappa shape index (κ3) is 8.84. The lowest BCUT2D eigenvalue weighted by molar-refractivity contribution is -0.140. The molecule has 4 aromatic rings. The molecule has 0 saturated heterocycles. The molecule has 5 rings (SSSR count). The van der Waals surface area contributed by atoms with Crippen LogP contribution in [0.2, 0.25) is 20.1 Å². The molecule has 1 N–H and O–H groups in total. The average molecular weight is 748 g/mol. The van der Waals surface area contributed by atoms with Crippen molar-refractivity contribution >= 4 is 73.9 Å². The third-order valence-electron chi connectivity index (χ3n) is 8.37. The number of anilines is 1. The highest BCUT2D eigenvalue weighted by Gasteiger charge is 2.36. The van der Waals surface area contributed by atoms with Crippen LogP contribution < -0.4 is 9.62 Å². The lowest BCUT2D eigenvalue weighted by atomic mass is 9.94. The lowest BCUT2D eigenvalue weighted by Crippen LogP contribution is -2.55. The zero-order chi connectivity index (χ0) is 34.3. The minimum atomic E-state index is -4.33. The third-order valence-corrected chi connectivity index (χ3v) is 11.7. The Labute approximate surface area is 301 Å². The van der Waals surface area contributed by atoms with Gasteiger partial charge in [0.25, 0.3) is 10.0 Å². The van der Waals surface area contributed by atoms with Gasteiger partial charge in [-0.05, 0) is 60.4 Å². The van der Waals surface area contributed by atoms with E-state index >= 15 is 0 Å². The molecule has 0 aliphatic heterocycles. The van der Waals surface area contributed by atoms with Gasteiger partial charge in [-0.15, -0.1) is 0 Å². The van der Waals surface area contributed by atoms with Crippen molar-refractivity contribution in [2.75, 3.05) is 10.8 Å². The zero-order valence-corrected chi connectivity index (χ0v) is 29.8. The Hall–Kier alpha value is -3.27. The summed E-state index contributed by atoms with van der Waals surface area (Å²) in [7, 11) is -4.33. The minimum Gasteiger partial charge on any atom is -0.352 e. The normalized spacial score (nSPS) is 14.2. The van der Waals surface area contributed by atoms with E-state index in [1.165, 1.54) is 29.2 Å². The molecule has 0 unspecified atom stereocenters. The smallest absolute Gasteiger partial charge is 0.264 e. The van der Waals surface area contributed by atoms with Crippen LogP contribution in [0.1, 0.15) is 43.2 Å². The Morgan fingerprint density at radius 2 is 1.42 bits per heavy atom. The second-order valence-corrected chi connectivity index (χ2v) is 15.2. The summed E-state index contributed by atoms with van der Waals surface area (Å²) in [6, 6.07) is 25.7. The number of sulfonamides is 1. The number of carbonyl (C=O) groups excluding carboxylic acids is 2. The summed E-state index contributed by atoms with van der Waals surface area (Å²) in [6.07, 6.45) is 5.01. The monoisotopic (exact) mass is 745 g/mol. The first-order chi connectivity index (χ1) is 23.0. The van der Waals surface area contributed by atoms with E-state index in [9.17, 15) is 18.0 Å². The summed E-state index contributed by atoms with van der Waals surface area (Å²) < 4.78 is 29.3. The molecule has 2 amide bonds. The van der Waals surface area contributed by atoms with Gasteiger partial charge >= 0.3 is 0 Å². The molecule has 1 fully saturated rings. The average Bonchev–Trinajstić information content (AvgIpc) is 3.09. The number of carbonyl (C=O) groups is 2. The van der Waals surface area contributed by atoms with Crippen LogP contribution in [0.4, 0.5) is 5.69 Å². The van der Waals surface area contributed by atoms with Gasteiger partial charge in [-0.3, -0.25) is 13.9 Å². The predicted molar refractivity (Wildman–Crippen MR) is 193 cm³/mol. The van der Waals surface area contributed by atoms with Crippen LogP contribution in [0.15, 0.2) is 102 Å². The van der Waals surface area contributed by atoms with Gasteiger partial charge in [0.1, 0.15) is 12.6 Å². The summed E-state index contributed by atoms with van der Waals surface area (Å²) in [5.41, 5.74) is 1.47. The van der Waals surface area contributed by atoms with Crippen LogP contribution in [0.5, 0.6) is 0 Å². The summed E-state index contributed by atoms with van der Waals surface area (Å²) in [5.74, 6) is -0.950. The van der Waals surface area contributed by atoms with Gasteiger partial charge in [-0.1, -0.05) is 126 Å². The molecule has 0 radical (unpaired) electrons. The molecular formula is C36H35Cl4N3O4S. The first kappa shape index (κ1) is 36.0. The molecular weight excluding hydrogens is 712 g/mol. The van der Waals surface area contributed by atoms with Gasteiger partial charge < -0.3 is 10.2 Å². The van der Waals surface area contributed by atoms with Crippen molar-refractivity contribution < 1.29 is 18.0 Å². The van der Waals surface area contributed by atoms with E-state index < -0.39 is 28.5 Å². The van der Waals surface area contributed by atoms with Crippen molar-refractivity contribution in [1.82, 2.24) is 10.2 Å². The van der Waals surface area contributed by atoms with E-state index in [2.05, 4.69) is 5.32 Å². The van der Waals surface area contributed by atoms with Gasteiger partial charge in [0.15, 0.2) is 0 Å². The molecule has 0 heterocycles. The number of hydrogen-bond acceptors (Lipinski definition) is 4. The molecule has 4 aromatic carbocycles. The van der Waals surface area contributed by atoms with Crippen molar-refractivity contribution in [1.29, 1.82) is 0 Å². The van der Waals surface area contributed by atoms with Gasteiger partial charge in [0.2, 0.25) is 11.8 Å². The first-order valence-electron chi connectivity index (χ1n) is 15.6. The van der Waals surface area contributed by atoms with Crippen LogP contribution >= 0.6 is 46.4 Å². The molecule has 1 aliphatic carbocycles. The quantitative estimate of drug-likeness (QED) is 0.157. The minimum absolute atomic E-state index is 0.0216. The maximum Gasteiger partial charge on any atom is 0.264 e. The molecule has 0 bridgehead atoms. The summed E-state index contributed by atoms with van der Waals surface area (Å²) in [6.45, 7) is -0.714. The maximum atomic E-state index is 14.7. The SMILES string of the molecule is O=C(NC1CCCCC1)[C@@H](Cc1ccccc1)N(Cc1ccc(Cl)c(Cl)c1)C(=O)CN(c1cccc(Cl)c1Cl)S(=O)(=O)c1ccccc1. The number of benzene rings is 4. The highest BCUT2D eigenvalue weighted by atomic mass is 35.5. The Balaban J connectivity index is 1.59. The van der Waals surface area contributed by atoms with Crippen LogP contribution in [-0.2, 0) is 32.6 Å². The second-order valence-electron chi connectivity index (χ2n) is 11.7. The van der Waals surface area contributed by atoms with E-state index in [-0.39, 0.29) is 50.6 Å². The number of rotatable bonds is 12. The highest BCUT2D eigenvalue weighted by Crippen LogP contribution is 2.36. The standard InChI is InChI=1S/C36H35Cl4N3O4S/c37-29-20-19-26(21-31(29)39)23-42(33(22-25-11-4-1-5-12-25)36(45)41-27-13-6-2-7-14-27)34(44)24-43(32-18-10-17-30(38)35(32)40)48(46,47)28-15-8-3-9-16-28/h1,3-5,8-12,15-21,27,33H,2,6-7,13-14,22-24H2,(H,41,45)/t33-/m1/s1. The van der Waals surface area contributed by atoms with E-state index in [4.69, 9.17) is 46.4 Å². The van der Waals surface area contributed by atoms with Crippen LogP contribution in [0.3, 0.4) is 0 Å². The summed E-state index contributed by atoms with van der Waals surface area (Å²) in [4.78, 5) is 30.3. The van der Waals surface area contributed by atoms with E-state index in [1.54, 1.807) is 42.5 Å². The molecule has 7 nitrogen and oxygen atoms in total. The van der Waals surface area contributed by atoms with Crippen molar-refractivity contribution in [3.05, 3.63) is 128 Å². The fourth-order valence-corrected chi connectivity index (χ4v) is 8.07. The molecule has 1 saturated carbocycles. The van der Waals surface area contributed by atoms with E-state index in [1.807, 2.05) is 30.3 Å². The fraction of sp³-hybridized carbons (Fsp3) is 0.278. The van der Waals surface area contributed by atoms with E-state index in [0.717, 1.165) is 42.0 Å². The van der Waals surface area contributed by atoms with Crippen LogP contribution in [-0.4, -0.2) is 43.8 Å². The lowest BCUT2D eigenvalue weighted by Gasteiger charge is -2.35. The molecule has 48 heavy (non-hydrogen) atoms. The molecule has 1 atom stereocenters. The fourth-order valence-electron chi connectivity index (χ4n) is 5.85.